The standard InChI is InChI=1S/C9H20FNO2/c1-4-7(10)6(2)9(13)8(12)5-11-3/h6-9,11-13H,4-5H2,1-3H3/t6-,7+,8-,9-/m1/s1. The molecule has 0 radical (unpaired) electrons. The van der Waals surface area contributed by atoms with Crippen LogP contribution in [0.1, 0.15) is 20.3 Å². The van der Waals surface area contributed by atoms with E-state index in [-0.39, 0.29) is 6.54 Å². The first-order chi connectivity index (χ1) is 6.04. The van der Waals surface area contributed by atoms with Crippen LogP contribution in [0.5, 0.6) is 0 Å². The molecule has 0 aliphatic carbocycles. The SMILES string of the molecule is CC[C@H](F)[C@@H](C)[C@@H](O)[C@H](O)CNC. The minimum Gasteiger partial charge on any atom is -0.390 e. The number of rotatable bonds is 6. The van der Waals surface area contributed by atoms with Gasteiger partial charge >= 0.3 is 0 Å². The van der Waals surface area contributed by atoms with Crippen molar-refractivity contribution in [2.75, 3.05) is 13.6 Å². The highest BCUT2D eigenvalue weighted by Gasteiger charge is 2.27. The second-order valence-electron chi connectivity index (χ2n) is 3.40. The third-order valence-corrected chi connectivity index (χ3v) is 2.31. The zero-order chi connectivity index (χ0) is 10.4. The van der Waals surface area contributed by atoms with Crippen LogP contribution >= 0.6 is 0 Å². The molecule has 13 heavy (non-hydrogen) atoms. The molecule has 0 rings (SSSR count). The molecule has 3 N–H and O–H groups in total. The van der Waals surface area contributed by atoms with Gasteiger partial charge in [0.2, 0.25) is 0 Å². The van der Waals surface area contributed by atoms with Gasteiger partial charge in [-0.3, -0.25) is 0 Å². The van der Waals surface area contributed by atoms with Gasteiger partial charge in [0.05, 0.1) is 12.2 Å². The van der Waals surface area contributed by atoms with Crippen molar-refractivity contribution in [1.29, 1.82) is 0 Å². The van der Waals surface area contributed by atoms with Crippen LogP contribution in [-0.4, -0.2) is 42.2 Å². The van der Waals surface area contributed by atoms with Crippen LogP contribution in [0.4, 0.5) is 4.39 Å². The van der Waals surface area contributed by atoms with Crippen LogP contribution in [-0.2, 0) is 0 Å². The molecule has 0 saturated heterocycles. The first-order valence-corrected chi connectivity index (χ1v) is 4.69. The molecule has 0 unspecified atom stereocenters. The van der Waals surface area contributed by atoms with Gasteiger partial charge in [-0.1, -0.05) is 13.8 Å². The Hall–Kier alpha value is -0.190. The van der Waals surface area contributed by atoms with Crippen molar-refractivity contribution in [1.82, 2.24) is 5.32 Å². The van der Waals surface area contributed by atoms with E-state index in [4.69, 9.17) is 0 Å². The molecule has 0 heterocycles. The quantitative estimate of drug-likeness (QED) is 0.569. The molecule has 0 aliphatic heterocycles. The Morgan fingerprint density at radius 3 is 2.31 bits per heavy atom. The van der Waals surface area contributed by atoms with Crippen LogP contribution in [0.25, 0.3) is 0 Å². The summed E-state index contributed by atoms with van der Waals surface area (Å²) in [5, 5.41) is 21.6. The Kier molecular flexibility index (Phi) is 6.20. The molecule has 0 amide bonds. The van der Waals surface area contributed by atoms with E-state index in [0.717, 1.165) is 0 Å². The van der Waals surface area contributed by atoms with Gasteiger partial charge in [0.15, 0.2) is 0 Å². The van der Waals surface area contributed by atoms with Gasteiger partial charge in [-0.25, -0.2) is 4.39 Å². The van der Waals surface area contributed by atoms with Gasteiger partial charge in [-0.15, -0.1) is 0 Å². The second kappa shape index (κ2) is 6.29. The zero-order valence-corrected chi connectivity index (χ0v) is 8.50. The highest BCUT2D eigenvalue weighted by molar-refractivity contribution is 4.78. The maximum absolute atomic E-state index is 13.1. The van der Waals surface area contributed by atoms with Crippen molar-refractivity contribution in [2.24, 2.45) is 5.92 Å². The Labute approximate surface area is 79.0 Å². The summed E-state index contributed by atoms with van der Waals surface area (Å²) in [6.07, 6.45) is -2.58. The van der Waals surface area contributed by atoms with Crippen LogP contribution in [0.15, 0.2) is 0 Å². The molecule has 3 nitrogen and oxygen atoms in total. The molecular formula is C9H20FNO2. The molecule has 0 spiro atoms. The van der Waals surface area contributed by atoms with Gasteiger partial charge in [-0.05, 0) is 13.5 Å². The molecule has 0 aromatic rings. The van der Waals surface area contributed by atoms with Gasteiger partial charge < -0.3 is 15.5 Å². The predicted molar refractivity (Wildman–Crippen MR) is 50.3 cm³/mol. The first-order valence-electron chi connectivity index (χ1n) is 4.69. The average Bonchev–Trinajstić information content (AvgIpc) is 2.14. The highest BCUT2D eigenvalue weighted by Crippen LogP contribution is 2.17. The number of aliphatic hydroxyl groups excluding tert-OH is 2. The van der Waals surface area contributed by atoms with Gasteiger partial charge in [0.25, 0.3) is 0 Å². The summed E-state index contributed by atoms with van der Waals surface area (Å²) in [5.74, 6) is -0.520. The molecule has 0 bridgehead atoms. The first kappa shape index (κ1) is 12.8. The topological polar surface area (TPSA) is 52.5 Å². The predicted octanol–water partition coefficient (Wildman–Crippen LogP) is 0.312. The van der Waals surface area contributed by atoms with Gasteiger partial charge in [-0.2, -0.15) is 0 Å². The van der Waals surface area contributed by atoms with Crippen molar-refractivity contribution in [2.45, 2.75) is 38.6 Å². The van der Waals surface area contributed by atoms with E-state index in [9.17, 15) is 14.6 Å². The number of hydrogen-bond acceptors (Lipinski definition) is 3. The summed E-state index contributed by atoms with van der Waals surface area (Å²) < 4.78 is 13.1. The van der Waals surface area contributed by atoms with E-state index < -0.39 is 24.3 Å². The number of halogens is 1. The summed E-state index contributed by atoms with van der Waals surface area (Å²) in [6.45, 7) is 3.61. The minimum atomic E-state index is -1.05. The fraction of sp³-hybridized carbons (Fsp3) is 1.00. The molecule has 4 heteroatoms. The van der Waals surface area contributed by atoms with Crippen LogP contribution in [0.2, 0.25) is 0 Å². The van der Waals surface area contributed by atoms with Crippen molar-refractivity contribution in [3.05, 3.63) is 0 Å². The summed E-state index contributed by atoms with van der Waals surface area (Å²) >= 11 is 0. The minimum absolute atomic E-state index is 0.280. The van der Waals surface area contributed by atoms with E-state index in [0.29, 0.717) is 6.42 Å². The lowest BCUT2D eigenvalue weighted by molar-refractivity contribution is -0.0327. The highest BCUT2D eigenvalue weighted by atomic mass is 19.1. The smallest absolute Gasteiger partial charge is 0.105 e. The second-order valence-corrected chi connectivity index (χ2v) is 3.40. The van der Waals surface area contributed by atoms with Gasteiger partial charge in [0.1, 0.15) is 6.17 Å². The number of likely N-dealkylation sites (N-methyl/N-ethyl adjacent to an activating group) is 1. The Bertz CT molecular complexity index is 135. The van der Waals surface area contributed by atoms with Crippen molar-refractivity contribution in [3.63, 3.8) is 0 Å². The average molecular weight is 193 g/mol. The molecule has 0 saturated carbocycles. The molecule has 0 aromatic carbocycles. The van der Waals surface area contributed by atoms with Crippen molar-refractivity contribution < 1.29 is 14.6 Å². The lowest BCUT2D eigenvalue weighted by Gasteiger charge is -2.25. The lowest BCUT2D eigenvalue weighted by atomic mass is 9.93. The lowest BCUT2D eigenvalue weighted by Crippen LogP contribution is -2.41. The Balaban J connectivity index is 3.99. The maximum Gasteiger partial charge on any atom is 0.105 e. The van der Waals surface area contributed by atoms with E-state index in [2.05, 4.69) is 5.32 Å². The van der Waals surface area contributed by atoms with E-state index >= 15 is 0 Å². The molecule has 0 aliphatic rings. The maximum atomic E-state index is 13.1. The van der Waals surface area contributed by atoms with Gasteiger partial charge in [0, 0.05) is 12.5 Å². The number of hydrogen-bond donors (Lipinski definition) is 3. The summed E-state index contributed by atoms with van der Waals surface area (Å²) in [4.78, 5) is 0. The number of nitrogens with one attached hydrogen (secondary N) is 1. The van der Waals surface area contributed by atoms with E-state index in [1.165, 1.54) is 0 Å². The number of aliphatic hydroxyl groups is 2. The third kappa shape index (κ3) is 4.02. The fourth-order valence-electron chi connectivity index (χ4n) is 1.27. The summed E-state index contributed by atoms with van der Waals surface area (Å²) in [5.41, 5.74) is 0. The number of alkyl halides is 1. The molecule has 0 fully saturated rings. The van der Waals surface area contributed by atoms with E-state index in [1.807, 2.05) is 0 Å². The van der Waals surface area contributed by atoms with Crippen LogP contribution < -0.4 is 5.32 Å². The molecule has 0 aromatic heterocycles. The van der Waals surface area contributed by atoms with Crippen LogP contribution in [0.3, 0.4) is 0 Å². The van der Waals surface area contributed by atoms with Crippen LogP contribution in [0, 0.1) is 5.92 Å². The zero-order valence-electron chi connectivity index (χ0n) is 8.50. The Morgan fingerprint density at radius 2 is 1.92 bits per heavy atom. The largest absolute Gasteiger partial charge is 0.390 e. The van der Waals surface area contributed by atoms with E-state index in [1.54, 1.807) is 20.9 Å². The summed E-state index contributed by atoms with van der Waals surface area (Å²) in [7, 11) is 1.67. The monoisotopic (exact) mass is 193 g/mol. The normalized spacial score (nSPS) is 20.8. The fourth-order valence-corrected chi connectivity index (χ4v) is 1.27. The van der Waals surface area contributed by atoms with Crippen molar-refractivity contribution in [3.8, 4) is 0 Å². The summed E-state index contributed by atoms with van der Waals surface area (Å²) in [6, 6.07) is 0. The third-order valence-electron chi connectivity index (χ3n) is 2.31. The molecule has 4 atom stereocenters. The van der Waals surface area contributed by atoms with Crippen molar-refractivity contribution >= 4 is 0 Å². The molecule has 80 valence electrons. The Morgan fingerprint density at radius 1 is 1.38 bits per heavy atom. The molecular weight excluding hydrogens is 173 g/mol.